The molecule has 0 radical (unpaired) electrons. The zero-order valence-corrected chi connectivity index (χ0v) is 17.3. The van der Waals surface area contributed by atoms with Gasteiger partial charge in [-0.25, -0.2) is 4.39 Å². The fourth-order valence-corrected chi connectivity index (χ4v) is 4.26. The van der Waals surface area contributed by atoms with Crippen LogP contribution < -0.4 is 0 Å². The molecule has 0 amide bonds. The van der Waals surface area contributed by atoms with Crippen LogP contribution in [0.5, 0.6) is 0 Å². The first kappa shape index (κ1) is 21.0. The smallest absolute Gasteiger partial charge is 0.208 e. The maximum Gasteiger partial charge on any atom is 0.208 e. The number of halogens is 2. The van der Waals surface area contributed by atoms with Crippen LogP contribution in [0.4, 0.5) is 4.39 Å². The monoisotopic (exact) mass is 406 g/mol. The van der Waals surface area contributed by atoms with Crippen LogP contribution in [0.3, 0.4) is 0 Å². The average molecular weight is 407 g/mol. The summed E-state index contributed by atoms with van der Waals surface area (Å²) in [6.07, 6.45) is 5.38. The summed E-state index contributed by atoms with van der Waals surface area (Å²) in [7, 11) is 0. The first-order chi connectivity index (χ1) is 13.3. The van der Waals surface area contributed by atoms with E-state index in [0.29, 0.717) is 55.0 Å². The maximum absolute atomic E-state index is 14.0. The molecule has 1 N–H and O–H groups in total. The molecule has 1 saturated carbocycles. The lowest BCUT2D eigenvalue weighted by Gasteiger charge is -2.31. The molecule has 0 aliphatic heterocycles. The highest BCUT2D eigenvalue weighted by Gasteiger charge is 2.32. The number of hydrogen-bond acceptors (Lipinski definition) is 3. The van der Waals surface area contributed by atoms with Gasteiger partial charge in [-0.05, 0) is 70.1 Å². The van der Waals surface area contributed by atoms with E-state index in [1.807, 2.05) is 29.7 Å². The second-order valence-corrected chi connectivity index (χ2v) is 8.35. The highest BCUT2D eigenvalue weighted by atomic mass is 35.5. The van der Waals surface area contributed by atoms with E-state index in [1.165, 1.54) is 0 Å². The van der Waals surface area contributed by atoms with Gasteiger partial charge in [0.15, 0.2) is 0 Å². The van der Waals surface area contributed by atoms with E-state index in [-0.39, 0.29) is 17.4 Å². The predicted molar refractivity (Wildman–Crippen MR) is 111 cm³/mol. The number of ether oxygens (including phenoxy) is 1. The molecule has 1 aliphatic rings. The second kappa shape index (κ2) is 8.75. The first-order valence-electron chi connectivity index (χ1n) is 9.99. The van der Waals surface area contributed by atoms with Gasteiger partial charge in [-0.3, -0.25) is 4.79 Å². The van der Waals surface area contributed by atoms with Gasteiger partial charge in [0.2, 0.25) is 5.78 Å². The SMILES string of the molecule is CCOCCc1cc(C(=O)C(=N)CC2CCC(C)(F)CC2)c2c(Cl)cccn12. The van der Waals surface area contributed by atoms with Crippen molar-refractivity contribution in [2.45, 2.75) is 58.0 Å². The summed E-state index contributed by atoms with van der Waals surface area (Å²) in [5, 5.41) is 8.86. The van der Waals surface area contributed by atoms with E-state index >= 15 is 0 Å². The van der Waals surface area contributed by atoms with Gasteiger partial charge in [-0.2, -0.15) is 0 Å². The van der Waals surface area contributed by atoms with Gasteiger partial charge in [0.25, 0.3) is 0 Å². The van der Waals surface area contributed by atoms with Crippen molar-refractivity contribution in [3.05, 3.63) is 40.7 Å². The molecule has 0 atom stereocenters. The highest BCUT2D eigenvalue weighted by molar-refractivity contribution is 6.47. The van der Waals surface area contributed by atoms with Crippen LogP contribution in [0.15, 0.2) is 24.4 Å². The van der Waals surface area contributed by atoms with Gasteiger partial charge >= 0.3 is 0 Å². The molecule has 28 heavy (non-hydrogen) atoms. The molecule has 0 saturated heterocycles. The van der Waals surface area contributed by atoms with Crippen LogP contribution in [0.1, 0.15) is 62.0 Å². The van der Waals surface area contributed by atoms with Crippen molar-refractivity contribution in [2.75, 3.05) is 13.2 Å². The van der Waals surface area contributed by atoms with Crippen LogP contribution in [-0.4, -0.2) is 34.8 Å². The molecule has 0 unspecified atom stereocenters. The lowest BCUT2D eigenvalue weighted by molar-refractivity contribution is 0.102. The highest BCUT2D eigenvalue weighted by Crippen LogP contribution is 2.36. The number of nitrogens with one attached hydrogen (secondary N) is 1. The van der Waals surface area contributed by atoms with Gasteiger partial charge in [-0.15, -0.1) is 0 Å². The van der Waals surface area contributed by atoms with Crippen LogP contribution >= 0.6 is 11.6 Å². The summed E-state index contributed by atoms with van der Waals surface area (Å²) in [4.78, 5) is 13.1. The van der Waals surface area contributed by atoms with Crippen molar-refractivity contribution in [3.63, 3.8) is 0 Å². The minimum atomic E-state index is -1.11. The Bertz CT molecular complexity index is 865. The molecule has 1 aliphatic carbocycles. The Morgan fingerprint density at radius 1 is 1.43 bits per heavy atom. The van der Waals surface area contributed by atoms with E-state index in [4.69, 9.17) is 21.7 Å². The van der Waals surface area contributed by atoms with Gasteiger partial charge < -0.3 is 14.5 Å². The quantitative estimate of drug-likeness (QED) is 0.348. The Morgan fingerprint density at radius 2 is 2.14 bits per heavy atom. The summed E-state index contributed by atoms with van der Waals surface area (Å²) in [6.45, 7) is 4.78. The second-order valence-electron chi connectivity index (χ2n) is 7.94. The number of pyridine rings is 1. The third kappa shape index (κ3) is 4.64. The Balaban J connectivity index is 1.80. The molecule has 0 bridgehead atoms. The van der Waals surface area contributed by atoms with Gasteiger partial charge in [0.1, 0.15) is 5.67 Å². The summed E-state index contributed by atoms with van der Waals surface area (Å²) in [6, 6.07) is 5.43. The van der Waals surface area contributed by atoms with E-state index in [2.05, 4.69) is 0 Å². The van der Waals surface area contributed by atoms with E-state index in [1.54, 1.807) is 13.0 Å². The summed E-state index contributed by atoms with van der Waals surface area (Å²) in [5.74, 6) is -0.0936. The Hall–Kier alpha value is -1.72. The number of hydrogen-bond donors (Lipinski definition) is 1. The minimum absolute atomic E-state index is 0.0799. The maximum atomic E-state index is 14.0. The van der Waals surface area contributed by atoms with Crippen molar-refractivity contribution in [1.82, 2.24) is 4.40 Å². The number of alkyl halides is 1. The average Bonchev–Trinajstić information content (AvgIpc) is 3.03. The lowest BCUT2D eigenvalue weighted by atomic mass is 9.78. The zero-order valence-electron chi connectivity index (χ0n) is 16.6. The van der Waals surface area contributed by atoms with E-state index in [9.17, 15) is 9.18 Å². The molecule has 2 aromatic rings. The number of rotatable bonds is 8. The topological polar surface area (TPSA) is 54.6 Å². The summed E-state index contributed by atoms with van der Waals surface area (Å²) in [5.41, 5.74) is 1.02. The molecular formula is C22H28ClFN2O2. The fraction of sp³-hybridized carbons (Fsp3) is 0.545. The number of ketones is 1. The molecule has 6 heteroatoms. The summed E-state index contributed by atoms with van der Waals surface area (Å²) >= 11 is 6.39. The number of fused-ring (bicyclic) bond motifs is 1. The van der Waals surface area contributed by atoms with Gasteiger partial charge in [0, 0.05) is 24.9 Å². The summed E-state index contributed by atoms with van der Waals surface area (Å²) < 4.78 is 21.4. The van der Waals surface area contributed by atoms with E-state index < -0.39 is 5.67 Å². The molecule has 1 fully saturated rings. The number of carbonyl (C=O) groups is 1. The predicted octanol–water partition coefficient (Wildman–Crippen LogP) is 5.68. The number of nitrogens with zero attached hydrogens (tertiary/aromatic N) is 1. The van der Waals surface area contributed by atoms with Gasteiger partial charge in [0.05, 0.1) is 28.4 Å². The Labute approximate surface area is 170 Å². The molecule has 0 spiro atoms. The standard InChI is InChI=1S/C22H28ClFN2O2/c1-3-28-12-8-16-14-17(20-18(23)5-4-11-26(16)20)21(27)19(25)13-15-6-9-22(2,24)10-7-15/h4-5,11,14-15,25H,3,6-10,12-13H2,1-2H3. The van der Waals surface area contributed by atoms with Crippen molar-refractivity contribution in [3.8, 4) is 0 Å². The van der Waals surface area contributed by atoms with Crippen molar-refractivity contribution >= 4 is 28.6 Å². The van der Waals surface area contributed by atoms with Crippen LogP contribution in [-0.2, 0) is 11.2 Å². The molecule has 4 nitrogen and oxygen atoms in total. The lowest BCUT2D eigenvalue weighted by Crippen LogP contribution is -2.28. The van der Waals surface area contributed by atoms with Crippen LogP contribution in [0.2, 0.25) is 5.02 Å². The Kier molecular flexibility index (Phi) is 6.56. The molecule has 2 aromatic heterocycles. The van der Waals surface area contributed by atoms with Crippen molar-refractivity contribution < 1.29 is 13.9 Å². The fourth-order valence-electron chi connectivity index (χ4n) is 4.00. The minimum Gasteiger partial charge on any atom is -0.381 e. The molecular weight excluding hydrogens is 379 g/mol. The van der Waals surface area contributed by atoms with Crippen molar-refractivity contribution in [2.24, 2.45) is 5.92 Å². The number of Topliss-reactive ketones (excluding diaryl/α,β-unsaturated/α-hetero) is 1. The third-order valence-electron chi connectivity index (χ3n) is 5.69. The number of aromatic nitrogens is 1. The zero-order chi connectivity index (χ0) is 20.3. The third-order valence-corrected chi connectivity index (χ3v) is 5.99. The van der Waals surface area contributed by atoms with E-state index in [0.717, 1.165) is 18.5 Å². The van der Waals surface area contributed by atoms with Gasteiger partial charge in [-0.1, -0.05) is 11.6 Å². The molecule has 3 rings (SSSR count). The normalized spacial score (nSPS) is 22.5. The first-order valence-corrected chi connectivity index (χ1v) is 10.4. The molecule has 0 aromatic carbocycles. The molecule has 2 heterocycles. The molecule has 152 valence electrons. The van der Waals surface area contributed by atoms with Crippen LogP contribution in [0, 0.1) is 11.3 Å². The Morgan fingerprint density at radius 3 is 2.82 bits per heavy atom. The van der Waals surface area contributed by atoms with Crippen LogP contribution in [0.25, 0.3) is 5.52 Å². The number of carbonyl (C=O) groups excluding carboxylic acids is 1. The van der Waals surface area contributed by atoms with Crippen molar-refractivity contribution in [1.29, 1.82) is 5.41 Å². The largest absolute Gasteiger partial charge is 0.381 e.